The van der Waals surface area contributed by atoms with Gasteiger partial charge < -0.3 is 4.90 Å². The van der Waals surface area contributed by atoms with Crippen molar-refractivity contribution in [3.63, 3.8) is 0 Å². The van der Waals surface area contributed by atoms with Crippen molar-refractivity contribution < 1.29 is 4.39 Å². The Morgan fingerprint density at radius 1 is 1.00 bits per heavy atom. The van der Waals surface area contributed by atoms with Crippen LogP contribution in [0.3, 0.4) is 0 Å². The van der Waals surface area contributed by atoms with Crippen LogP contribution >= 0.6 is 0 Å². The molecule has 0 unspecified atom stereocenters. The number of anilines is 1. The summed E-state index contributed by atoms with van der Waals surface area (Å²) in [5, 5.41) is 0. The topological polar surface area (TPSA) is 16.1 Å². The Hall–Kier alpha value is -1.90. The number of benzene rings is 1. The third-order valence-corrected chi connectivity index (χ3v) is 3.16. The van der Waals surface area contributed by atoms with Gasteiger partial charge in [-0.25, -0.2) is 4.98 Å². The summed E-state index contributed by atoms with van der Waals surface area (Å²) in [4.78, 5) is 6.05. The Labute approximate surface area is 99.7 Å². The summed E-state index contributed by atoms with van der Waals surface area (Å²) in [6.45, 7) is 1.71. The lowest BCUT2D eigenvalue weighted by molar-refractivity contribution is 0.578. The molecule has 0 saturated carbocycles. The van der Waals surface area contributed by atoms with E-state index < -0.39 is 5.95 Å². The van der Waals surface area contributed by atoms with Gasteiger partial charge in [-0.1, -0.05) is 30.3 Å². The Morgan fingerprint density at radius 2 is 1.82 bits per heavy atom. The van der Waals surface area contributed by atoms with Crippen molar-refractivity contribution in [2.75, 3.05) is 11.4 Å². The molecule has 0 radical (unpaired) electrons. The number of pyridine rings is 1. The Morgan fingerprint density at radius 3 is 2.65 bits per heavy atom. The van der Waals surface area contributed by atoms with Crippen LogP contribution < -0.4 is 4.90 Å². The minimum absolute atomic E-state index is 0.415. The summed E-state index contributed by atoms with van der Waals surface area (Å²) in [5.41, 5.74) is 2.70. The van der Waals surface area contributed by atoms with Crippen molar-refractivity contribution in [1.82, 2.24) is 4.98 Å². The van der Waals surface area contributed by atoms with Gasteiger partial charge >= 0.3 is 0 Å². The predicted octanol–water partition coefficient (Wildman–Crippen LogP) is 2.78. The molecule has 0 amide bonds. The molecule has 1 aromatic carbocycles. The lowest BCUT2D eigenvalue weighted by Crippen LogP contribution is -2.31. The van der Waals surface area contributed by atoms with Gasteiger partial charge in [0.1, 0.15) is 5.82 Å². The zero-order valence-corrected chi connectivity index (χ0v) is 9.44. The summed E-state index contributed by atoms with van der Waals surface area (Å²) < 4.78 is 13.1. The van der Waals surface area contributed by atoms with Crippen molar-refractivity contribution in [2.45, 2.75) is 13.0 Å². The molecule has 0 N–H and O–H groups in total. The van der Waals surface area contributed by atoms with Gasteiger partial charge in [0.2, 0.25) is 5.95 Å². The molecule has 0 bridgehead atoms. The Balaban J connectivity index is 1.89. The van der Waals surface area contributed by atoms with Gasteiger partial charge in [-0.15, -0.1) is 0 Å². The highest BCUT2D eigenvalue weighted by Gasteiger charge is 2.16. The van der Waals surface area contributed by atoms with Crippen LogP contribution in [0.15, 0.2) is 42.5 Å². The van der Waals surface area contributed by atoms with E-state index in [9.17, 15) is 4.39 Å². The molecular formula is C14H13FN2. The molecule has 1 aliphatic heterocycles. The van der Waals surface area contributed by atoms with E-state index in [0.29, 0.717) is 0 Å². The highest BCUT2D eigenvalue weighted by Crippen LogP contribution is 2.22. The van der Waals surface area contributed by atoms with E-state index in [1.165, 1.54) is 17.2 Å². The molecule has 0 aliphatic carbocycles. The van der Waals surface area contributed by atoms with Crippen LogP contribution in [-0.2, 0) is 13.0 Å². The van der Waals surface area contributed by atoms with Crippen LogP contribution in [-0.4, -0.2) is 11.5 Å². The number of nitrogens with zero attached hydrogens (tertiary/aromatic N) is 2. The molecule has 0 fully saturated rings. The molecule has 2 heterocycles. The summed E-state index contributed by atoms with van der Waals surface area (Å²) in [7, 11) is 0. The first kappa shape index (κ1) is 10.3. The third-order valence-electron chi connectivity index (χ3n) is 3.16. The quantitative estimate of drug-likeness (QED) is 0.698. The van der Waals surface area contributed by atoms with E-state index in [0.717, 1.165) is 25.3 Å². The zero-order chi connectivity index (χ0) is 11.7. The predicted molar refractivity (Wildman–Crippen MR) is 65.4 cm³/mol. The standard InChI is InChI=1S/C14H13FN2/c15-13-6-3-7-14(16-13)17-9-8-11-4-1-2-5-12(11)10-17/h1-7H,8-10H2. The minimum atomic E-state index is -0.415. The van der Waals surface area contributed by atoms with Crippen LogP contribution in [0.25, 0.3) is 0 Å². The van der Waals surface area contributed by atoms with Crippen molar-refractivity contribution >= 4 is 5.82 Å². The van der Waals surface area contributed by atoms with E-state index in [-0.39, 0.29) is 0 Å². The van der Waals surface area contributed by atoms with Crippen molar-refractivity contribution in [2.24, 2.45) is 0 Å². The lowest BCUT2D eigenvalue weighted by Gasteiger charge is -2.29. The van der Waals surface area contributed by atoms with Crippen LogP contribution in [0.4, 0.5) is 10.2 Å². The van der Waals surface area contributed by atoms with E-state index in [4.69, 9.17) is 0 Å². The first-order valence-electron chi connectivity index (χ1n) is 5.77. The molecule has 1 aromatic heterocycles. The normalized spacial score (nSPS) is 14.5. The van der Waals surface area contributed by atoms with Crippen LogP contribution in [0.5, 0.6) is 0 Å². The molecule has 2 aromatic rings. The monoisotopic (exact) mass is 228 g/mol. The van der Waals surface area contributed by atoms with Crippen LogP contribution in [0.2, 0.25) is 0 Å². The molecule has 17 heavy (non-hydrogen) atoms. The fraction of sp³-hybridized carbons (Fsp3) is 0.214. The minimum Gasteiger partial charge on any atom is -0.352 e. The largest absolute Gasteiger partial charge is 0.352 e. The highest BCUT2D eigenvalue weighted by molar-refractivity contribution is 5.43. The van der Waals surface area contributed by atoms with Gasteiger partial charge in [-0.3, -0.25) is 0 Å². The molecule has 1 aliphatic rings. The highest BCUT2D eigenvalue weighted by atomic mass is 19.1. The van der Waals surface area contributed by atoms with Gasteiger partial charge in [0, 0.05) is 13.1 Å². The second kappa shape index (κ2) is 4.17. The smallest absolute Gasteiger partial charge is 0.214 e. The summed E-state index contributed by atoms with van der Waals surface area (Å²) in [6.07, 6.45) is 0.994. The maximum atomic E-state index is 13.1. The molecule has 0 spiro atoms. The first-order chi connectivity index (χ1) is 8.33. The van der Waals surface area contributed by atoms with E-state index >= 15 is 0 Å². The molecular weight excluding hydrogens is 215 g/mol. The molecule has 0 saturated heterocycles. The number of fused-ring (bicyclic) bond motifs is 1. The van der Waals surface area contributed by atoms with Gasteiger partial charge in [-0.05, 0) is 29.7 Å². The van der Waals surface area contributed by atoms with Crippen molar-refractivity contribution in [3.8, 4) is 0 Å². The number of aromatic nitrogens is 1. The Bertz CT molecular complexity index is 539. The second-order valence-corrected chi connectivity index (χ2v) is 4.26. The van der Waals surface area contributed by atoms with E-state index in [1.54, 1.807) is 6.07 Å². The van der Waals surface area contributed by atoms with Crippen molar-refractivity contribution in [1.29, 1.82) is 0 Å². The summed E-state index contributed by atoms with van der Waals surface area (Å²) in [5.74, 6) is 0.306. The van der Waals surface area contributed by atoms with Crippen LogP contribution in [0, 0.1) is 5.95 Å². The number of rotatable bonds is 1. The average Bonchev–Trinajstić information content (AvgIpc) is 2.38. The first-order valence-corrected chi connectivity index (χ1v) is 5.77. The maximum absolute atomic E-state index is 13.1. The zero-order valence-electron chi connectivity index (χ0n) is 9.44. The number of halogens is 1. The third kappa shape index (κ3) is 2.00. The number of hydrogen-bond donors (Lipinski definition) is 0. The molecule has 0 atom stereocenters. The van der Waals surface area contributed by atoms with E-state index in [1.807, 2.05) is 12.1 Å². The fourth-order valence-electron chi connectivity index (χ4n) is 2.26. The van der Waals surface area contributed by atoms with Gasteiger partial charge in [0.05, 0.1) is 0 Å². The average molecular weight is 228 g/mol. The van der Waals surface area contributed by atoms with Gasteiger partial charge in [0.25, 0.3) is 0 Å². The summed E-state index contributed by atoms with van der Waals surface area (Å²) in [6, 6.07) is 13.3. The lowest BCUT2D eigenvalue weighted by atomic mass is 10.00. The number of hydrogen-bond acceptors (Lipinski definition) is 2. The molecule has 86 valence electrons. The molecule has 2 nitrogen and oxygen atoms in total. The van der Waals surface area contributed by atoms with E-state index in [2.05, 4.69) is 28.1 Å². The van der Waals surface area contributed by atoms with Gasteiger partial charge in [-0.2, -0.15) is 4.39 Å². The SMILES string of the molecule is Fc1cccc(N2CCc3ccccc3C2)n1. The van der Waals surface area contributed by atoms with Crippen molar-refractivity contribution in [3.05, 3.63) is 59.5 Å². The van der Waals surface area contributed by atoms with Crippen LogP contribution in [0.1, 0.15) is 11.1 Å². The Kier molecular flexibility index (Phi) is 2.52. The molecule has 3 rings (SSSR count). The fourth-order valence-corrected chi connectivity index (χ4v) is 2.26. The second-order valence-electron chi connectivity index (χ2n) is 4.26. The maximum Gasteiger partial charge on any atom is 0.214 e. The van der Waals surface area contributed by atoms with Gasteiger partial charge in [0.15, 0.2) is 0 Å². The molecule has 3 heteroatoms. The summed E-state index contributed by atoms with van der Waals surface area (Å²) >= 11 is 0.